The molecule has 0 spiro atoms. The van der Waals surface area contributed by atoms with Crippen LogP contribution in [0.25, 0.3) is 5.76 Å². The number of Topliss-reactive ketones (excluding diaryl/α,β-unsaturated/α-hetero) is 1. The summed E-state index contributed by atoms with van der Waals surface area (Å²) >= 11 is 0.884. The Morgan fingerprint density at radius 1 is 1.09 bits per heavy atom. The molecule has 0 radical (unpaired) electrons. The van der Waals surface area contributed by atoms with E-state index in [0.29, 0.717) is 17.0 Å². The van der Waals surface area contributed by atoms with Crippen molar-refractivity contribution >= 4 is 39.9 Å². The van der Waals surface area contributed by atoms with E-state index in [1.165, 1.54) is 38.5 Å². The number of methoxy groups -OCH3 is 2. The van der Waals surface area contributed by atoms with Crippen molar-refractivity contribution in [3.63, 3.8) is 0 Å². The van der Waals surface area contributed by atoms with Crippen LogP contribution in [0.3, 0.4) is 0 Å². The molecule has 10 heteroatoms. The monoisotopic (exact) mass is 482 g/mol. The molecule has 1 amide bonds. The third-order valence-corrected chi connectivity index (χ3v) is 6.49. The standard InChI is InChI=1S/C24H19FN2O6S/c1-12-21(23(31)33-3)34-24(26-12)27-18(13-4-8-15(25)9-5-13)17(20(29)22(27)30)19(28)14-6-10-16(32-2)11-7-14/h4-11,18,28H,1-3H3/b19-17+. The zero-order valence-corrected chi connectivity index (χ0v) is 19.2. The quantitative estimate of drug-likeness (QED) is 0.253. The molecule has 1 saturated heterocycles. The number of aromatic nitrogens is 1. The van der Waals surface area contributed by atoms with Crippen molar-refractivity contribution in [1.29, 1.82) is 0 Å². The van der Waals surface area contributed by atoms with Gasteiger partial charge in [0.2, 0.25) is 0 Å². The Hall–Kier alpha value is -4.05. The van der Waals surface area contributed by atoms with Crippen molar-refractivity contribution < 1.29 is 33.4 Å². The van der Waals surface area contributed by atoms with E-state index in [9.17, 15) is 23.9 Å². The zero-order chi connectivity index (χ0) is 24.6. The van der Waals surface area contributed by atoms with Crippen molar-refractivity contribution in [2.75, 3.05) is 19.1 Å². The molecule has 0 aliphatic carbocycles. The second-order valence-corrected chi connectivity index (χ2v) is 8.33. The molecule has 2 heterocycles. The molecule has 1 aromatic heterocycles. The van der Waals surface area contributed by atoms with Gasteiger partial charge in [-0.1, -0.05) is 23.5 Å². The fourth-order valence-electron chi connectivity index (χ4n) is 3.66. The third kappa shape index (κ3) is 3.92. The van der Waals surface area contributed by atoms with Gasteiger partial charge in [-0.05, 0) is 48.9 Å². The van der Waals surface area contributed by atoms with Gasteiger partial charge in [-0.3, -0.25) is 14.5 Å². The van der Waals surface area contributed by atoms with Crippen molar-refractivity contribution in [3.8, 4) is 5.75 Å². The van der Waals surface area contributed by atoms with Crippen molar-refractivity contribution in [2.45, 2.75) is 13.0 Å². The SMILES string of the molecule is COC(=O)c1sc(N2C(=O)C(=O)/C(=C(/O)c3ccc(OC)cc3)C2c2ccc(F)cc2)nc1C. The van der Waals surface area contributed by atoms with E-state index < -0.39 is 35.3 Å². The number of halogens is 1. The lowest BCUT2D eigenvalue weighted by Crippen LogP contribution is -2.29. The summed E-state index contributed by atoms with van der Waals surface area (Å²) in [5, 5.41) is 11.2. The molecule has 34 heavy (non-hydrogen) atoms. The van der Waals surface area contributed by atoms with Gasteiger partial charge in [0.05, 0.1) is 31.5 Å². The summed E-state index contributed by atoms with van der Waals surface area (Å²) in [6.07, 6.45) is 0. The van der Waals surface area contributed by atoms with Crippen molar-refractivity contribution in [1.82, 2.24) is 4.98 Å². The molecule has 2 aromatic carbocycles. The molecule has 174 valence electrons. The van der Waals surface area contributed by atoms with Gasteiger partial charge in [-0.25, -0.2) is 14.2 Å². The highest BCUT2D eigenvalue weighted by atomic mass is 32.1. The lowest BCUT2D eigenvalue weighted by molar-refractivity contribution is -0.132. The number of hydrogen-bond acceptors (Lipinski definition) is 8. The fourth-order valence-corrected chi connectivity index (χ4v) is 4.67. The van der Waals surface area contributed by atoms with E-state index in [2.05, 4.69) is 4.98 Å². The first-order chi connectivity index (χ1) is 16.3. The Balaban J connectivity index is 1.91. The van der Waals surface area contributed by atoms with Crippen LogP contribution in [0.2, 0.25) is 0 Å². The largest absolute Gasteiger partial charge is 0.507 e. The molecule has 0 saturated carbocycles. The van der Waals surface area contributed by atoms with E-state index in [0.717, 1.165) is 16.2 Å². The van der Waals surface area contributed by atoms with Crippen LogP contribution in [0.1, 0.15) is 32.5 Å². The molecule has 4 rings (SSSR count). The molecule has 1 N–H and O–H groups in total. The molecule has 0 bridgehead atoms. The summed E-state index contributed by atoms with van der Waals surface area (Å²) in [4.78, 5) is 44.0. The number of carbonyl (C=O) groups is 3. The van der Waals surface area contributed by atoms with Crippen LogP contribution in [-0.4, -0.2) is 42.0 Å². The first kappa shape index (κ1) is 23.1. The number of nitrogens with zero attached hydrogens (tertiary/aromatic N) is 2. The van der Waals surface area contributed by atoms with E-state index in [4.69, 9.17) is 9.47 Å². The summed E-state index contributed by atoms with van der Waals surface area (Å²) in [7, 11) is 2.72. The van der Waals surface area contributed by atoms with Crippen LogP contribution < -0.4 is 9.64 Å². The molecule has 1 aliphatic rings. The van der Waals surface area contributed by atoms with E-state index in [1.54, 1.807) is 31.2 Å². The first-order valence-corrected chi connectivity index (χ1v) is 10.8. The van der Waals surface area contributed by atoms with Gasteiger partial charge in [0.25, 0.3) is 5.78 Å². The Morgan fingerprint density at radius 2 is 1.74 bits per heavy atom. The molecule has 8 nitrogen and oxygen atoms in total. The number of ketones is 1. The number of benzene rings is 2. The highest BCUT2D eigenvalue weighted by Gasteiger charge is 2.48. The number of thiazole rings is 1. The zero-order valence-electron chi connectivity index (χ0n) is 18.4. The molecular formula is C24H19FN2O6S. The molecule has 1 aliphatic heterocycles. The number of hydrogen-bond donors (Lipinski definition) is 1. The predicted octanol–water partition coefficient (Wildman–Crippen LogP) is 4.01. The van der Waals surface area contributed by atoms with Crippen LogP contribution in [0, 0.1) is 12.7 Å². The number of carbonyl (C=O) groups excluding carboxylic acids is 3. The second-order valence-electron chi connectivity index (χ2n) is 7.35. The second kappa shape index (κ2) is 9.06. The van der Waals surface area contributed by atoms with Crippen LogP contribution in [-0.2, 0) is 14.3 Å². The highest BCUT2D eigenvalue weighted by Crippen LogP contribution is 2.44. The van der Waals surface area contributed by atoms with E-state index in [1.807, 2.05) is 0 Å². The number of aryl methyl sites for hydroxylation is 1. The lowest BCUT2D eigenvalue weighted by Gasteiger charge is -2.23. The number of aliphatic hydroxyl groups is 1. The summed E-state index contributed by atoms with van der Waals surface area (Å²) in [5.41, 5.74) is 0.802. The average Bonchev–Trinajstić information content (AvgIpc) is 3.35. The Morgan fingerprint density at radius 3 is 2.32 bits per heavy atom. The normalized spacial score (nSPS) is 17.2. The van der Waals surface area contributed by atoms with Crippen molar-refractivity contribution in [3.05, 3.63) is 81.6 Å². The topological polar surface area (TPSA) is 106 Å². The van der Waals surface area contributed by atoms with Crippen LogP contribution in [0.15, 0.2) is 54.1 Å². The first-order valence-electron chi connectivity index (χ1n) is 10.0. The minimum Gasteiger partial charge on any atom is -0.507 e. The molecular weight excluding hydrogens is 463 g/mol. The Labute approximate surface area is 197 Å². The summed E-state index contributed by atoms with van der Waals surface area (Å²) in [5.74, 6) is -2.87. The predicted molar refractivity (Wildman–Crippen MR) is 122 cm³/mol. The van der Waals surface area contributed by atoms with Crippen LogP contribution in [0.4, 0.5) is 9.52 Å². The van der Waals surface area contributed by atoms with Crippen molar-refractivity contribution in [2.24, 2.45) is 0 Å². The number of ether oxygens (including phenoxy) is 2. The Bertz CT molecular complexity index is 1310. The minimum atomic E-state index is -1.10. The maximum Gasteiger partial charge on any atom is 0.350 e. The average molecular weight is 482 g/mol. The molecule has 1 atom stereocenters. The third-order valence-electron chi connectivity index (χ3n) is 5.36. The van der Waals surface area contributed by atoms with Gasteiger partial charge < -0.3 is 14.6 Å². The minimum absolute atomic E-state index is 0.0723. The van der Waals surface area contributed by atoms with Gasteiger partial charge >= 0.3 is 11.9 Å². The van der Waals surface area contributed by atoms with Gasteiger partial charge in [0, 0.05) is 5.56 Å². The maximum atomic E-state index is 13.6. The van der Waals surface area contributed by atoms with E-state index >= 15 is 0 Å². The van der Waals surface area contributed by atoms with Gasteiger partial charge in [0.1, 0.15) is 22.2 Å². The van der Waals surface area contributed by atoms with Crippen LogP contribution in [0.5, 0.6) is 5.75 Å². The smallest absolute Gasteiger partial charge is 0.350 e. The summed E-state index contributed by atoms with van der Waals surface area (Å²) in [6.45, 7) is 1.58. The highest BCUT2D eigenvalue weighted by molar-refractivity contribution is 7.17. The van der Waals surface area contributed by atoms with Gasteiger partial charge in [-0.15, -0.1) is 0 Å². The number of aliphatic hydroxyl groups excluding tert-OH is 1. The number of esters is 1. The van der Waals surface area contributed by atoms with Crippen LogP contribution >= 0.6 is 11.3 Å². The fraction of sp³-hybridized carbons (Fsp3) is 0.167. The molecule has 3 aromatic rings. The molecule has 1 fully saturated rings. The van der Waals surface area contributed by atoms with Gasteiger partial charge in [0.15, 0.2) is 5.13 Å². The number of anilines is 1. The summed E-state index contributed by atoms with van der Waals surface area (Å²) < 4.78 is 23.5. The summed E-state index contributed by atoms with van der Waals surface area (Å²) in [6, 6.07) is 10.4. The van der Waals surface area contributed by atoms with E-state index in [-0.39, 0.29) is 21.1 Å². The maximum absolute atomic E-state index is 13.6. The Kier molecular flexibility index (Phi) is 6.16. The number of amides is 1. The number of rotatable bonds is 5. The molecule has 1 unspecified atom stereocenters. The lowest BCUT2D eigenvalue weighted by atomic mass is 9.95. The van der Waals surface area contributed by atoms with Gasteiger partial charge in [-0.2, -0.15) is 0 Å².